The number of halogens is 3. The summed E-state index contributed by atoms with van der Waals surface area (Å²) in [6.45, 7) is 9.16. The molecule has 3 nitrogen and oxygen atoms in total. The van der Waals surface area contributed by atoms with Crippen LogP contribution in [0.4, 0.5) is 24.5 Å². The Labute approximate surface area is 198 Å². The molecule has 0 fully saturated rings. The van der Waals surface area contributed by atoms with E-state index in [1.54, 1.807) is 24.3 Å². The Morgan fingerprint density at radius 2 is 1.03 bits per heavy atom. The first-order chi connectivity index (χ1) is 16.2. The Morgan fingerprint density at radius 1 is 0.647 bits per heavy atom. The number of aromatic hydroxyl groups is 1. The number of allylic oxidation sites excluding steroid dienone is 2. The number of hydrogen-bond donors (Lipinski definition) is 3. The Morgan fingerprint density at radius 3 is 1.44 bits per heavy atom. The molecule has 0 unspecified atom stereocenters. The average Bonchev–Trinajstić information content (AvgIpc) is 2.79. The highest BCUT2D eigenvalue weighted by Gasteiger charge is 2.26. The molecular formula is C28H29F3N2O. The maximum Gasteiger partial charge on any atom is 0.176 e. The summed E-state index contributed by atoms with van der Waals surface area (Å²) in [5, 5.41) is 16.8. The average molecular weight is 467 g/mol. The molecule has 0 atom stereocenters. The van der Waals surface area contributed by atoms with Gasteiger partial charge in [0.2, 0.25) is 0 Å². The predicted molar refractivity (Wildman–Crippen MR) is 135 cm³/mol. The summed E-state index contributed by atoms with van der Waals surface area (Å²) in [6.07, 6.45) is 4.01. The maximum atomic E-state index is 15.1. The Kier molecular flexibility index (Phi) is 8.05. The van der Waals surface area contributed by atoms with Crippen molar-refractivity contribution in [3.63, 3.8) is 0 Å². The van der Waals surface area contributed by atoms with Crippen LogP contribution in [0, 0.1) is 17.5 Å². The van der Waals surface area contributed by atoms with Crippen molar-refractivity contribution in [3.8, 4) is 28.0 Å². The van der Waals surface area contributed by atoms with Gasteiger partial charge in [-0.25, -0.2) is 13.2 Å². The minimum Gasteiger partial charge on any atom is -0.504 e. The lowest BCUT2D eigenvalue weighted by molar-refractivity contribution is 0.419. The monoisotopic (exact) mass is 466 g/mol. The zero-order valence-corrected chi connectivity index (χ0v) is 19.8. The quantitative estimate of drug-likeness (QED) is 0.234. The largest absolute Gasteiger partial charge is 0.504 e. The molecule has 0 aliphatic heterocycles. The van der Waals surface area contributed by atoms with Gasteiger partial charge in [0, 0.05) is 24.5 Å². The summed E-state index contributed by atoms with van der Waals surface area (Å²) >= 11 is 0. The molecule has 0 bridgehead atoms. The van der Waals surface area contributed by atoms with Gasteiger partial charge in [0.15, 0.2) is 23.2 Å². The molecule has 0 aromatic heterocycles. The highest BCUT2D eigenvalue weighted by Crippen LogP contribution is 2.42. The van der Waals surface area contributed by atoms with Crippen molar-refractivity contribution in [2.45, 2.75) is 27.7 Å². The van der Waals surface area contributed by atoms with Crippen LogP contribution in [0.3, 0.4) is 0 Å². The molecular weight excluding hydrogens is 437 g/mol. The third-order valence-corrected chi connectivity index (χ3v) is 5.28. The van der Waals surface area contributed by atoms with Gasteiger partial charge in [0.05, 0.1) is 11.1 Å². The molecule has 178 valence electrons. The summed E-state index contributed by atoms with van der Waals surface area (Å²) < 4.78 is 45.2. The fourth-order valence-corrected chi connectivity index (χ4v) is 3.42. The third kappa shape index (κ3) is 5.81. The molecule has 0 spiro atoms. The van der Waals surface area contributed by atoms with Gasteiger partial charge in [-0.1, -0.05) is 47.6 Å². The van der Waals surface area contributed by atoms with E-state index in [4.69, 9.17) is 0 Å². The topological polar surface area (TPSA) is 44.3 Å². The number of phenolic OH excluding ortho intramolecular Hbond substituents is 1. The highest BCUT2D eigenvalue weighted by molar-refractivity contribution is 5.79. The van der Waals surface area contributed by atoms with E-state index in [-0.39, 0.29) is 11.1 Å². The minimum absolute atomic E-state index is 0.127. The maximum absolute atomic E-state index is 15.1. The molecule has 0 aliphatic carbocycles. The van der Waals surface area contributed by atoms with Gasteiger partial charge >= 0.3 is 0 Å². The lowest BCUT2D eigenvalue weighted by Crippen LogP contribution is -2.01. The van der Waals surface area contributed by atoms with Crippen LogP contribution in [0.1, 0.15) is 27.7 Å². The second-order valence-corrected chi connectivity index (χ2v) is 8.52. The van der Waals surface area contributed by atoms with Gasteiger partial charge in [-0.2, -0.15) is 0 Å². The van der Waals surface area contributed by atoms with Crippen molar-refractivity contribution in [1.82, 2.24) is 0 Å². The van der Waals surface area contributed by atoms with Crippen LogP contribution in [-0.2, 0) is 0 Å². The molecule has 3 aromatic rings. The third-order valence-electron chi connectivity index (χ3n) is 5.28. The van der Waals surface area contributed by atoms with Crippen molar-refractivity contribution in [2.75, 3.05) is 23.7 Å². The number of nitrogens with one attached hydrogen (secondary N) is 2. The Bertz CT molecular complexity index is 1080. The van der Waals surface area contributed by atoms with Crippen LogP contribution >= 0.6 is 0 Å². The molecule has 0 heterocycles. The van der Waals surface area contributed by atoms with E-state index < -0.39 is 34.3 Å². The van der Waals surface area contributed by atoms with E-state index in [0.717, 1.165) is 22.5 Å². The Balaban J connectivity index is 1.90. The molecule has 3 aromatic carbocycles. The fraction of sp³-hybridized carbons (Fsp3) is 0.214. The molecule has 0 saturated heterocycles. The molecule has 3 rings (SSSR count). The van der Waals surface area contributed by atoms with Crippen molar-refractivity contribution in [3.05, 3.63) is 89.3 Å². The lowest BCUT2D eigenvalue weighted by Gasteiger charge is -2.14. The summed E-state index contributed by atoms with van der Waals surface area (Å²) in [7, 11) is 0. The van der Waals surface area contributed by atoms with Gasteiger partial charge < -0.3 is 15.7 Å². The van der Waals surface area contributed by atoms with Gasteiger partial charge in [0.25, 0.3) is 0 Å². The van der Waals surface area contributed by atoms with Gasteiger partial charge in [-0.05, 0) is 63.1 Å². The van der Waals surface area contributed by atoms with E-state index >= 15 is 13.2 Å². The first-order valence-corrected chi connectivity index (χ1v) is 11.0. The summed E-state index contributed by atoms with van der Waals surface area (Å²) in [5.74, 6) is -4.78. The first-order valence-electron chi connectivity index (χ1n) is 11.0. The normalized spacial score (nSPS) is 10.6. The minimum atomic E-state index is -1.35. The van der Waals surface area contributed by atoms with Crippen molar-refractivity contribution in [2.24, 2.45) is 0 Å². The first kappa shape index (κ1) is 25.0. The molecule has 0 aliphatic rings. The van der Waals surface area contributed by atoms with Gasteiger partial charge in [-0.3, -0.25) is 0 Å². The van der Waals surface area contributed by atoms with Crippen LogP contribution in [0.5, 0.6) is 5.75 Å². The van der Waals surface area contributed by atoms with Crippen molar-refractivity contribution in [1.29, 1.82) is 0 Å². The molecule has 3 N–H and O–H groups in total. The molecule has 6 heteroatoms. The lowest BCUT2D eigenvalue weighted by atomic mass is 9.96. The highest BCUT2D eigenvalue weighted by atomic mass is 19.2. The van der Waals surface area contributed by atoms with Crippen molar-refractivity contribution >= 4 is 11.4 Å². The number of anilines is 2. The molecule has 0 radical (unpaired) electrons. The zero-order chi connectivity index (χ0) is 24.8. The predicted octanol–water partition coefficient (Wildman–Crippen LogP) is 7.90. The van der Waals surface area contributed by atoms with Crippen LogP contribution in [0.25, 0.3) is 22.3 Å². The van der Waals surface area contributed by atoms with E-state index in [9.17, 15) is 5.11 Å². The zero-order valence-electron chi connectivity index (χ0n) is 19.8. The summed E-state index contributed by atoms with van der Waals surface area (Å²) in [5.41, 5.74) is 3.03. The number of phenols is 1. The summed E-state index contributed by atoms with van der Waals surface area (Å²) in [4.78, 5) is 0. The smallest absolute Gasteiger partial charge is 0.176 e. The van der Waals surface area contributed by atoms with Crippen LogP contribution in [-0.4, -0.2) is 18.2 Å². The van der Waals surface area contributed by atoms with E-state index in [1.165, 1.54) is 24.3 Å². The SMILES string of the molecule is CC(C)=CCNc1ccc(-c2c(O)c(F)c(-c3ccc(NCC=C(C)C)cc3)c(F)c2F)cc1. The number of benzene rings is 3. The van der Waals surface area contributed by atoms with E-state index in [2.05, 4.69) is 10.6 Å². The molecule has 0 saturated carbocycles. The van der Waals surface area contributed by atoms with Crippen LogP contribution in [0.2, 0.25) is 0 Å². The van der Waals surface area contributed by atoms with Crippen LogP contribution < -0.4 is 10.6 Å². The standard InChI is InChI=1S/C28H29F3N2O/c1-17(2)13-15-32-21-9-5-19(6-10-21)23-25(29)26(30)24(28(34)27(23)31)20-7-11-22(12-8-20)33-16-14-18(3)4/h5-14,32-34H,15-16H2,1-4H3. The van der Waals surface area contributed by atoms with E-state index in [0.29, 0.717) is 13.1 Å². The molecule has 0 amide bonds. The summed E-state index contributed by atoms with van der Waals surface area (Å²) in [6, 6.07) is 12.6. The van der Waals surface area contributed by atoms with Crippen LogP contribution in [0.15, 0.2) is 71.8 Å². The molecule has 34 heavy (non-hydrogen) atoms. The second kappa shape index (κ2) is 11.0. The van der Waals surface area contributed by atoms with Gasteiger partial charge in [-0.15, -0.1) is 0 Å². The fourth-order valence-electron chi connectivity index (χ4n) is 3.42. The number of hydrogen-bond acceptors (Lipinski definition) is 3. The van der Waals surface area contributed by atoms with E-state index in [1.807, 2.05) is 39.8 Å². The van der Waals surface area contributed by atoms with Crippen molar-refractivity contribution < 1.29 is 18.3 Å². The number of rotatable bonds is 8. The van der Waals surface area contributed by atoms with Gasteiger partial charge in [0.1, 0.15) is 0 Å². The second-order valence-electron chi connectivity index (χ2n) is 8.52. The Hall–Kier alpha value is -3.67.